The number of nitrogens with one attached hydrogen (secondary N) is 1. The molecule has 0 aromatic heterocycles. The van der Waals surface area contributed by atoms with Gasteiger partial charge in [-0.25, -0.2) is 0 Å². The topological polar surface area (TPSA) is 58.6 Å². The summed E-state index contributed by atoms with van der Waals surface area (Å²) >= 11 is 0. The van der Waals surface area contributed by atoms with Gasteiger partial charge in [-0.05, 0) is 26.2 Å². The number of hydrogen-bond donors (Lipinski definition) is 1. The van der Waals surface area contributed by atoms with Crippen molar-refractivity contribution < 1.29 is 14.3 Å². The molecular weight excluding hydrogens is 268 g/mol. The van der Waals surface area contributed by atoms with E-state index in [0.717, 1.165) is 38.5 Å². The van der Waals surface area contributed by atoms with Crippen LogP contribution >= 0.6 is 0 Å². The van der Waals surface area contributed by atoms with Crippen molar-refractivity contribution in [2.24, 2.45) is 0 Å². The zero-order chi connectivity index (χ0) is 15.5. The molecule has 0 radical (unpaired) electrons. The molecule has 1 aliphatic carbocycles. The second kappa shape index (κ2) is 6.77. The number of methoxy groups -OCH3 is 1. The average Bonchev–Trinajstić information content (AvgIpc) is 2.49. The Labute approximate surface area is 127 Å². The second-order valence-corrected chi connectivity index (χ2v) is 6.44. The van der Waals surface area contributed by atoms with Crippen LogP contribution in [-0.4, -0.2) is 48.1 Å². The minimum Gasteiger partial charge on any atom is -0.380 e. The van der Waals surface area contributed by atoms with E-state index >= 15 is 0 Å². The van der Waals surface area contributed by atoms with Crippen molar-refractivity contribution in [2.45, 2.75) is 76.5 Å². The van der Waals surface area contributed by atoms with Crippen LogP contribution in [0.3, 0.4) is 0 Å². The van der Waals surface area contributed by atoms with Gasteiger partial charge in [-0.15, -0.1) is 0 Å². The van der Waals surface area contributed by atoms with E-state index in [1.807, 2.05) is 13.8 Å². The normalized spacial score (nSPS) is 26.8. The van der Waals surface area contributed by atoms with Crippen molar-refractivity contribution in [1.29, 1.82) is 0 Å². The first-order valence-corrected chi connectivity index (χ1v) is 8.20. The molecule has 0 aromatic carbocycles. The summed E-state index contributed by atoms with van der Waals surface area (Å²) in [5, 5.41) is 3.07. The Morgan fingerprint density at radius 2 is 2.00 bits per heavy atom. The zero-order valence-electron chi connectivity index (χ0n) is 13.5. The van der Waals surface area contributed by atoms with Gasteiger partial charge in [0.1, 0.15) is 11.6 Å². The molecule has 1 N–H and O–H groups in total. The fraction of sp³-hybridized carbons (Fsp3) is 0.875. The number of hydrogen-bond acceptors (Lipinski definition) is 3. The van der Waals surface area contributed by atoms with E-state index in [9.17, 15) is 9.59 Å². The molecule has 1 saturated carbocycles. The Hall–Kier alpha value is -1.10. The van der Waals surface area contributed by atoms with E-state index in [1.165, 1.54) is 0 Å². The summed E-state index contributed by atoms with van der Waals surface area (Å²) in [7, 11) is 1.64. The highest BCUT2D eigenvalue weighted by atomic mass is 16.5. The molecule has 1 saturated heterocycles. The van der Waals surface area contributed by atoms with Gasteiger partial charge < -0.3 is 15.0 Å². The Morgan fingerprint density at radius 3 is 2.57 bits per heavy atom. The van der Waals surface area contributed by atoms with E-state index in [0.29, 0.717) is 13.0 Å². The summed E-state index contributed by atoms with van der Waals surface area (Å²) in [6, 6.07) is -0.340. The number of nitrogens with zero attached hydrogens (tertiary/aromatic N) is 1. The summed E-state index contributed by atoms with van der Waals surface area (Å²) in [5.41, 5.74) is -0.646. The molecule has 120 valence electrons. The maximum Gasteiger partial charge on any atom is 0.249 e. The molecule has 2 aliphatic rings. The molecule has 5 nitrogen and oxygen atoms in total. The van der Waals surface area contributed by atoms with Gasteiger partial charge in [0, 0.05) is 13.7 Å². The first kappa shape index (κ1) is 16.3. The van der Waals surface area contributed by atoms with Crippen molar-refractivity contribution >= 4 is 11.8 Å². The lowest BCUT2D eigenvalue weighted by Crippen LogP contribution is -2.71. The van der Waals surface area contributed by atoms with E-state index < -0.39 is 5.54 Å². The number of ether oxygens (including phenoxy) is 1. The lowest BCUT2D eigenvalue weighted by molar-refractivity contribution is -0.158. The van der Waals surface area contributed by atoms with E-state index in [2.05, 4.69) is 5.32 Å². The third-order valence-electron chi connectivity index (χ3n) is 4.84. The highest BCUT2D eigenvalue weighted by Crippen LogP contribution is 2.34. The quantitative estimate of drug-likeness (QED) is 0.842. The number of amides is 2. The molecule has 1 aliphatic heterocycles. The first-order chi connectivity index (χ1) is 10.0. The third-order valence-corrected chi connectivity index (χ3v) is 4.84. The SMILES string of the molecule is CCCC1C(=O)NC2(CCCCC2)C(=O)N1CC(C)OC. The Balaban J connectivity index is 2.24. The minimum atomic E-state index is -0.646. The second-order valence-electron chi connectivity index (χ2n) is 6.44. The predicted octanol–water partition coefficient (Wildman–Crippen LogP) is 1.85. The van der Waals surface area contributed by atoms with Gasteiger partial charge in [0.05, 0.1) is 6.10 Å². The Bertz CT molecular complexity index is 391. The van der Waals surface area contributed by atoms with Crippen LogP contribution in [-0.2, 0) is 14.3 Å². The molecule has 2 fully saturated rings. The molecule has 5 heteroatoms. The number of rotatable bonds is 5. The van der Waals surface area contributed by atoms with Crippen LogP contribution in [0.5, 0.6) is 0 Å². The zero-order valence-corrected chi connectivity index (χ0v) is 13.5. The molecule has 1 heterocycles. The van der Waals surface area contributed by atoms with Crippen molar-refractivity contribution in [3.63, 3.8) is 0 Å². The van der Waals surface area contributed by atoms with Crippen LogP contribution in [0.15, 0.2) is 0 Å². The van der Waals surface area contributed by atoms with Crippen molar-refractivity contribution in [1.82, 2.24) is 10.2 Å². The van der Waals surface area contributed by atoms with Crippen LogP contribution in [0, 0.1) is 0 Å². The van der Waals surface area contributed by atoms with Crippen molar-refractivity contribution in [3.05, 3.63) is 0 Å². The van der Waals surface area contributed by atoms with Crippen LogP contribution in [0.1, 0.15) is 58.8 Å². The Morgan fingerprint density at radius 1 is 1.33 bits per heavy atom. The number of carbonyl (C=O) groups excluding carboxylic acids is 2. The van der Waals surface area contributed by atoms with Gasteiger partial charge in [0.25, 0.3) is 0 Å². The van der Waals surface area contributed by atoms with Crippen LogP contribution in [0.25, 0.3) is 0 Å². The maximum atomic E-state index is 13.0. The molecule has 2 atom stereocenters. The van der Waals surface area contributed by atoms with Gasteiger partial charge in [-0.1, -0.05) is 32.6 Å². The van der Waals surface area contributed by atoms with Crippen LogP contribution in [0.4, 0.5) is 0 Å². The fourth-order valence-electron chi connectivity index (χ4n) is 3.55. The van der Waals surface area contributed by atoms with Crippen LogP contribution in [0.2, 0.25) is 0 Å². The van der Waals surface area contributed by atoms with E-state index in [-0.39, 0.29) is 24.0 Å². The Kier molecular flexibility index (Phi) is 5.25. The molecule has 2 amide bonds. The number of piperazine rings is 1. The summed E-state index contributed by atoms with van der Waals surface area (Å²) in [6.07, 6.45) is 6.26. The summed E-state index contributed by atoms with van der Waals surface area (Å²) in [5.74, 6) is 0.116. The molecule has 0 aromatic rings. The summed E-state index contributed by atoms with van der Waals surface area (Å²) < 4.78 is 5.31. The highest BCUT2D eigenvalue weighted by Gasteiger charge is 2.50. The molecule has 2 unspecified atom stereocenters. The largest absolute Gasteiger partial charge is 0.380 e. The fourth-order valence-corrected chi connectivity index (χ4v) is 3.55. The molecule has 1 spiro atoms. The average molecular weight is 296 g/mol. The van der Waals surface area contributed by atoms with Gasteiger partial charge in [0.15, 0.2) is 0 Å². The summed E-state index contributed by atoms with van der Waals surface area (Å²) in [4.78, 5) is 27.4. The lowest BCUT2D eigenvalue weighted by Gasteiger charge is -2.48. The van der Waals surface area contributed by atoms with E-state index in [4.69, 9.17) is 4.74 Å². The minimum absolute atomic E-state index is 0.0154. The van der Waals surface area contributed by atoms with Gasteiger partial charge in [0.2, 0.25) is 11.8 Å². The standard InChI is InChI=1S/C16H28N2O3/c1-4-8-13-14(19)17-16(9-6-5-7-10-16)15(20)18(13)11-12(2)21-3/h12-13H,4-11H2,1-3H3,(H,17,19). The van der Waals surface area contributed by atoms with Gasteiger partial charge >= 0.3 is 0 Å². The predicted molar refractivity (Wildman–Crippen MR) is 80.8 cm³/mol. The maximum absolute atomic E-state index is 13.0. The lowest BCUT2D eigenvalue weighted by atomic mass is 9.78. The number of carbonyl (C=O) groups is 2. The molecule has 21 heavy (non-hydrogen) atoms. The van der Waals surface area contributed by atoms with E-state index in [1.54, 1.807) is 12.0 Å². The van der Waals surface area contributed by atoms with Gasteiger partial charge in [-0.3, -0.25) is 9.59 Å². The highest BCUT2D eigenvalue weighted by molar-refractivity contribution is 5.99. The third kappa shape index (κ3) is 3.23. The van der Waals surface area contributed by atoms with Crippen molar-refractivity contribution in [2.75, 3.05) is 13.7 Å². The smallest absolute Gasteiger partial charge is 0.249 e. The molecular formula is C16H28N2O3. The van der Waals surface area contributed by atoms with Crippen molar-refractivity contribution in [3.8, 4) is 0 Å². The molecule has 0 bridgehead atoms. The molecule has 2 rings (SSSR count). The summed E-state index contributed by atoms with van der Waals surface area (Å²) in [6.45, 7) is 4.48. The monoisotopic (exact) mass is 296 g/mol. The van der Waals surface area contributed by atoms with Gasteiger partial charge in [-0.2, -0.15) is 0 Å². The van der Waals surface area contributed by atoms with Crippen LogP contribution < -0.4 is 5.32 Å². The first-order valence-electron chi connectivity index (χ1n) is 8.20.